The van der Waals surface area contributed by atoms with Crippen LogP contribution in [0.25, 0.3) is 0 Å². The van der Waals surface area contributed by atoms with Gasteiger partial charge in [-0.05, 0) is 61.4 Å². The van der Waals surface area contributed by atoms with E-state index in [1.165, 1.54) is 0 Å². The molecule has 0 saturated heterocycles. The Morgan fingerprint density at radius 1 is 1.28 bits per heavy atom. The van der Waals surface area contributed by atoms with E-state index in [2.05, 4.69) is 26.0 Å². The van der Waals surface area contributed by atoms with Crippen LogP contribution in [0.2, 0.25) is 0 Å². The second-order valence-electron chi connectivity index (χ2n) is 5.15. The molecule has 0 aliphatic rings. The lowest BCUT2D eigenvalue weighted by Crippen LogP contribution is -2.40. The highest BCUT2D eigenvalue weighted by Crippen LogP contribution is 2.24. The van der Waals surface area contributed by atoms with Crippen LogP contribution in [0.3, 0.4) is 0 Å². The fourth-order valence-corrected chi connectivity index (χ4v) is 4.08. The summed E-state index contributed by atoms with van der Waals surface area (Å²) in [7, 11) is -1.65. The van der Waals surface area contributed by atoms with Crippen molar-refractivity contribution in [1.29, 1.82) is 0 Å². The van der Waals surface area contributed by atoms with Crippen molar-refractivity contribution in [3.63, 3.8) is 0 Å². The maximum Gasteiger partial charge on any atom is 0.242 e. The van der Waals surface area contributed by atoms with Crippen molar-refractivity contribution in [3.05, 3.63) is 28.2 Å². The van der Waals surface area contributed by atoms with Gasteiger partial charge in [0.2, 0.25) is 10.0 Å². The number of rotatable bonds is 4. The third kappa shape index (κ3) is 4.35. The van der Waals surface area contributed by atoms with Crippen LogP contribution >= 0.6 is 15.9 Å². The predicted octanol–water partition coefficient (Wildman–Crippen LogP) is 2.25. The van der Waals surface area contributed by atoms with Gasteiger partial charge < -0.3 is 5.32 Å². The SMILES string of the molecule is CNCc1ccc(S(=O)(=O)NC(C)(C)C)c(Br)c1. The van der Waals surface area contributed by atoms with Gasteiger partial charge in [0.05, 0.1) is 4.90 Å². The lowest BCUT2D eigenvalue weighted by Gasteiger charge is -2.21. The highest BCUT2D eigenvalue weighted by Gasteiger charge is 2.23. The van der Waals surface area contributed by atoms with Gasteiger partial charge in [-0.3, -0.25) is 0 Å². The van der Waals surface area contributed by atoms with Gasteiger partial charge >= 0.3 is 0 Å². The molecule has 1 aromatic carbocycles. The summed E-state index contributed by atoms with van der Waals surface area (Å²) in [6.07, 6.45) is 0. The predicted molar refractivity (Wildman–Crippen MR) is 77.0 cm³/mol. The maximum atomic E-state index is 12.2. The van der Waals surface area contributed by atoms with Crippen LogP contribution in [-0.2, 0) is 16.6 Å². The number of halogens is 1. The van der Waals surface area contributed by atoms with Crippen LogP contribution in [-0.4, -0.2) is 21.0 Å². The van der Waals surface area contributed by atoms with E-state index in [0.717, 1.165) is 5.56 Å². The Labute approximate surface area is 117 Å². The minimum absolute atomic E-state index is 0.261. The zero-order chi connectivity index (χ0) is 14.0. The minimum Gasteiger partial charge on any atom is -0.316 e. The maximum absolute atomic E-state index is 12.2. The smallest absolute Gasteiger partial charge is 0.242 e. The van der Waals surface area contributed by atoms with Crippen molar-refractivity contribution in [2.24, 2.45) is 0 Å². The van der Waals surface area contributed by atoms with Crippen LogP contribution in [0, 0.1) is 0 Å². The Balaban J connectivity index is 3.10. The molecule has 4 nitrogen and oxygen atoms in total. The van der Waals surface area contributed by atoms with Crippen LogP contribution < -0.4 is 10.0 Å². The molecule has 102 valence electrons. The molecular weight excluding hydrogens is 316 g/mol. The minimum atomic E-state index is -3.50. The Morgan fingerprint density at radius 2 is 1.89 bits per heavy atom. The third-order valence-electron chi connectivity index (χ3n) is 2.11. The summed E-state index contributed by atoms with van der Waals surface area (Å²) in [6, 6.07) is 5.23. The summed E-state index contributed by atoms with van der Waals surface area (Å²) >= 11 is 3.31. The van der Waals surface area contributed by atoms with E-state index in [4.69, 9.17) is 0 Å². The average molecular weight is 335 g/mol. The van der Waals surface area contributed by atoms with E-state index < -0.39 is 15.6 Å². The fourth-order valence-electron chi connectivity index (χ4n) is 1.53. The molecule has 0 atom stereocenters. The Morgan fingerprint density at radius 3 is 2.33 bits per heavy atom. The number of sulfonamides is 1. The molecule has 0 bridgehead atoms. The van der Waals surface area contributed by atoms with E-state index >= 15 is 0 Å². The van der Waals surface area contributed by atoms with Crippen molar-refractivity contribution >= 4 is 26.0 Å². The molecule has 0 heterocycles. The van der Waals surface area contributed by atoms with Gasteiger partial charge in [0.1, 0.15) is 0 Å². The standard InChI is InChI=1S/C12H19BrN2O2S/c1-12(2,3)15-18(16,17)11-6-5-9(8-14-4)7-10(11)13/h5-7,14-15H,8H2,1-4H3. The zero-order valence-electron chi connectivity index (χ0n) is 11.0. The molecule has 0 amide bonds. The summed E-state index contributed by atoms with van der Waals surface area (Å²) in [6.45, 7) is 6.14. The van der Waals surface area contributed by atoms with Gasteiger partial charge in [0, 0.05) is 16.6 Å². The van der Waals surface area contributed by atoms with Crippen molar-refractivity contribution in [2.45, 2.75) is 37.8 Å². The summed E-state index contributed by atoms with van der Waals surface area (Å²) in [5, 5.41) is 3.02. The van der Waals surface area contributed by atoms with Gasteiger partial charge in [-0.2, -0.15) is 0 Å². The Kier molecular flexibility index (Phi) is 4.94. The van der Waals surface area contributed by atoms with Gasteiger partial charge in [-0.25, -0.2) is 13.1 Å². The normalized spacial score (nSPS) is 12.7. The van der Waals surface area contributed by atoms with E-state index in [9.17, 15) is 8.42 Å². The molecule has 1 aromatic rings. The van der Waals surface area contributed by atoms with Gasteiger partial charge in [0.25, 0.3) is 0 Å². The second kappa shape index (κ2) is 5.69. The molecule has 0 unspecified atom stereocenters. The third-order valence-corrected chi connectivity index (χ3v) is 4.84. The monoisotopic (exact) mass is 334 g/mol. The first kappa shape index (κ1) is 15.6. The topological polar surface area (TPSA) is 58.2 Å². The van der Waals surface area contributed by atoms with Crippen molar-refractivity contribution < 1.29 is 8.42 Å². The van der Waals surface area contributed by atoms with Crippen molar-refractivity contribution in [2.75, 3.05) is 7.05 Å². The first-order chi connectivity index (χ1) is 8.15. The molecule has 18 heavy (non-hydrogen) atoms. The number of benzene rings is 1. The summed E-state index contributed by atoms with van der Waals surface area (Å²) < 4.78 is 27.6. The van der Waals surface area contributed by atoms with Crippen LogP contribution in [0.15, 0.2) is 27.6 Å². The summed E-state index contributed by atoms with van der Waals surface area (Å²) in [5.74, 6) is 0. The van der Waals surface area contributed by atoms with Crippen LogP contribution in [0.4, 0.5) is 0 Å². The molecule has 0 fully saturated rings. The highest BCUT2D eigenvalue weighted by atomic mass is 79.9. The number of hydrogen-bond acceptors (Lipinski definition) is 3. The lowest BCUT2D eigenvalue weighted by atomic mass is 10.1. The van der Waals surface area contributed by atoms with Crippen LogP contribution in [0.1, 0.15) is 26.3 Å². The Hall–Kier alpha value is -0.430. The van der Waals surface area contributed by atoms with Crippen LogP contribution in [0.5, 0.6) is 0 Å². The molecule has 0 aromatic heterocycles. The fraction of sp³-hybridized carbons (Fsp3) is 0.500. The molecule has 0 aliphatic carbocycles. The number of nitrogens with one attached hydrogen (secondary N) is 2. The number of hydrogen-bond donors (Lipinski definition) is 2. The molecule has 0 spiro atoms. The molecule has 0 saturated carbocycles. The largest absolute Gasteiger partial charge is 0.316 e. The first-order valence-electron chi connectivity index (χ1n) is 5.63. The average Bonchev–Trinajstić information content (AvgIpc) is 2.13. The zero-order valence-corrected chi connectivity index (χ0v) is 13.4. The highest BCUT2D eigenvalue weighted by molar-refractivity contribution is 9.10. The quantitative estimate of drug-likeness (QED) is 0.887. The van der Waals surface area contributed by atoms with Gasteiger partial charge in [-0.15, -0.1) is 0 Å². The summed E-state index contributed by atoms with van der Waals surface area (Å²) in [5.41, 5.74) is 0.529. The molecule has 1 rings (SSSR count). The molecule has 6 heteroatoms. The van der Waals surface area contributed by atoms with E-state index in [0.29, 0.717) is 11.0 Å². The Bertz CT molecular complexity index is 521. The van der Waals surface area contributed by atoms with Gasteiger partial charge in [-0.1, -0.05) is 6.07 Å². The molecule has 0 radical (unpaired) electrons. The molecule has 0 aliphatic heterocycles. The van der Waals surface area contributed by atoms with Crippen molar-refractivity contribution in [3.8, 4) is 0 Å². The molecular formula is C12H19BrN2O2S. The van der Waals surface area contributed by atoms with Crippen molar-refractivity contribution in [1.82, 2.24) is 10.0 Å². The molecule has 2 N–H and O–H groups in total. The summed E-state index contributed by atoms with van der Waals surface area (Å²) in [4.78, 5) is 0.261. The van der Waals surface area contributed by atoms with E-state index in [-0.39, 0.29) is 4.90 Å². The lowest BCUT2D eigenvalue weighted by molar-refractivity contribution is 0.491. The second-order valence-corrected chi connectivity index (χ2v) is 7.66. The first-order valence-corrected chi connectivity index (χ1v) is 7.90. The van der Waals surface area contributed by atoms with E-state index in [1.807, 2.05) is 33.9 Å². The van der Waals surface area contributed by atoms with Gasteiger partial charge in [0.15, 0.2) is 0 Å². The van der Waals surface area contributed by atoms with E-state index in [1.54, 1.807) is 12.1 Å².